The highest BCUT2D eigenvalue weighted by Gasteiger charge is 2.12. The van der Waals surface area contributed by atoms with Crippen LogP contribution in [-0.4, -0.2) is 32.8 Å². The van der Waals surface area contributed by atoms with Crippen molar-refractivity contribution in [2.24, 2.45) is 4.99 Å². The summed E-state index contributed by atoms with van der Waals surface area (Å²) in [5, 5.41) is 6.16. The van der Waals surface area contributed by atoms with Gasteiger partial charge >= 0.3 is 6.61 Å². The van der Waals surface area contributed by atoms with E-state index in [4.69, 9.17) is 4.74 Å². The van der Waals surface area contributed by atoms with Crippen molar-refractivity contribution in [2.45, 2.75) is 19.6 Å². The van der Waals surface area contributed by atoms with Crippen molar-refractivity contribution in [1.82, 2.24) is 10.6 Å². The standard InChI is InChI=1S/C13H17F2N3O2.HI/c1-19-10-3-4-11(20-12(14)15)9(7-10)8-18-13-16-5-2-6-17-13;/h3-4,7,12H,2,5-6,8H2,1H3,(H2,16,17,18);1H. The third-order valence-electron chi connectivity index (χ3n) is 2.83. The molecule has 21 heavy (non-hydrogen) atoms. The van der Waals surface area contributed by atoms with E-state index < -0.39 is 6.61 Å². The molecule has 0 saturated heterocycles. The SMILES string of the molecule is COc1ccc(OC(F)F)c(CNC2=NCCCN2)c1.I. The third-order valence-corrected chi connectivity index (χ3v) is 2.83. The van der Waals surface area contributed by atoms with Gasteiger partial charge in [0.1, 0.15) is 11.5 Å². The molecule has 118 valence electrons. The molecule has 0 aliphatic carbocycles. The first kappa shape index (κ1) is 17.7. The zero-order valence-corrected chi connectivity index (χ0v) is 13.9. The van der Waals surface area contributed by atoms with Crippen LogP contribution in [0.4, 0.5) is 8.78 Å². The molecule has 1 aromatic carbocycles. The first-order valence-corrected chi connectivity index (χ1v) is 6.33. The van der Waals surface area contributed by atoms with E-state index in [0.29, 0.717) is 23.8 Å². The van der Waals surface area contributed by atoms with E-state index in [9.17, 15) is 8.78 Å². The van der Waals surface area contributed by atoms with E-state index in [1.165, 1.54) is 13.2 Å². The fourth-order valence-electron chi connectivity index (χ4n) is 1.86. The number of nitrogens with zero attached hydrogens (tertiary/aromatic N) is 1. The fraction of sp³-hybridized carbons (Fsp3) is 0.462. The van der Waals surface area contributed by atoms with Crippen LogP contribution in [0, 0.1) is 0 Å². The van der Waals surface area contributed by atoms with Crippen molar-refractivity contribution in [3.63, 3.8) is 0 Å². The van der Waals surface area contributed by atoms with E-state index in [1.54, 1.807) is 12.1 Å². The van der Waals surface area contributed by atoms with Crippen LogP contribution in [0.25, 0.3) is 0 Å². The Balaban J connectivity index is 0.00000220. The minimum absolute atomic E-state index is 0. The summed E-state index contributed by atoms with van der Waals surface area (Å²) >= 11 is 0. The molecule has 5 nitrogen and oxygen atoms in total. The number of nitrogens with one attached hydrogen (secondary N) is 2. The first-order chi connectivity index (χ1) is 9.69. The van der Waals surface area contributed by atoms with Crippen molar-refractivity contribution in [1.29, 1.82) is 0 Å². The molecule has 2 rings (SSSR count). The quantitative estimate of drug-likeness (QED) is 0.728. The van der Waals surface area contributed by atoms with Crippen LogP contribution in [0.5, 0.6) is 11.5 Å². The maximum Gasteiger partial charge on any atom is 0.387 e. The lowest BCUT2D eigenvalue weighted by molar-refractivity contribution is -0.0504. The summed E-state index contributed by atoms with van der Waals surface area (Å²) in [5.41, 5.74) is 0.583. The smallest absolute Gasteiger partial charge is 0.387 e. The van der Waals surface area contributed by atoms with Gasteiger partial charge in [0, 0.05) is 25.2 Å². The molecule has 1 aliphatic rings. The zero-order chi connectivity index (χ0) is 14.4. The monoisotopic (exact) mass is 413 g/mol. The number of rotatable bonds is 5. The molecule has 0 amide bonds. The Kier molecular flexibility index (Phi) is 7.48. The Hall–Kier alpha value is -1.32. The van der Waals surface area contributed by atoms with Gasteiger partial charge in [-0.3, -0.25) is 4.99 Å². The summed E-state index contributed by atoms with van der Waals surface area (Å²) < 4.78 is 34.3. The lowest BCUT2D eigenvalue weighted by Gasteiger charge is -2.17. The summed E-state index contributed by atoms with van der Waals surface area (Å²) in [7, 11) is 1.52. The van der Waals surface area contributed by atoms with Gasteiger partial charge < -0.3 is 20.1 Å². The van der Waals surface area contributed by atoms with Gasteiger partial charge in [-0.15, -0.1) is 24.0 Å². The molecule has 8 heteroatoms. The van der Waals surface area contributed by atoms with Crippen molar-refractivity contribution >= 4 is 29.9 Å². The molecule has 1 aliphatic heterocycles. The van der Waals surface area contributed by atoms with Gasteiger partial charge in [0.15, 0.2) is 5.96 Å². The predicted octanol–water partition coefficient (Wildman–Crippen LogP) is 2.35. The number of guanidine groups is 1. The molecule has 0 unspecified atom stereocenters. The average molecular weight is 413 g/mol. The number of aliphatic imine (C=N–C) groups is 1. The van der Waals surface area contributed by atoms with Gasteiger partial charge in [-0.1, -0.05) is 0 Å². The van der Waals surface area contributed by atoms with Crippen LogP contribution in [0.1, 0.15) is 12.0 Å². The van der Waals surface area contributed by atoms with E-state index in [-0.39, 0.29) is 29.7 Å². The molecule has 0 spiro atoms. The number of halogens is 3. The van der Waals surface area contributed by atoms with Gasteiger partial charge in [-0.05, 0) is 24.6 Å². The Bertz CT molecular complexity index is 486. The van der Waals surface area contributed by atoms with Crippen molar-refractivity contribution in [3.8, 4) is 11.5 Å². The summed E-state index contributed by atoms with van der Waals surface area (Å²) in [6.45, 7) is -0.921. The molecule has 0 atom stereocenters. The molecule has 0 saturated carbocycles. The number of benzene rings is 1. The van der Waals surface area contributed by atoms with E-state index >= 15 is 0 Å². The fourth-order valence-corrected chi connectivity index (χ4v) is 1.86. The van der Waals surface area contributed by atoms with E-state index in [0.717, 1.165) is 19.5 Å². The Morgan fingerprint density at radius 3 is 2.86 bits per heavy atom. The first-order valence-electron chi connectivity index (χ1n) is 6.33. The molecule has 0 fully saturated rings. The summed E-state index contributed by atoms with van der Waals surface area (Å²) in [6.07, 6.45) is 0.990. The van der Waals surface area contributed by atoms with Gasteiger partial charge in [0.2, 0.25) is 0 Å². The molecule has 1 aromatic rings. The zero-order valence-electron chi connectivity index (χ0n) is 11.6. The topological polar surface area (TPSA) is 54.9 Å². The molecule has 0 aromatic heterocycles. The third kappa shape index (κ3) is 5.52. The lowest BCUT2D eigenvalue weighted by Crippen LogP contribution is -2.40. The van der Waals surface area contributed by atoms with Crippen LogP contribution in [0.3, 0.4) is 0 Å². The molecule has 0 bridgehead atoms. The van der Waals surface area contributed by atoms with Crippen molar-refractivity contribution in [3.05, 3.63) is 23.8 Å². The summed E-state index contributed by atoms with van der Waals surface area (Å²) in [6, 6.07) is 4.71. The second-order valence-corrected chi connectivity index (χ2v) is 4.22. The minimum atomic E-state index is -2.85. The summed E-state index contributed by atoms with van der Waals surface area (Å²) in [4.78, 5) is 4.25. The molecular formula is C13H18F2IN3O2. The van der Waals surface area contributed by atoms with Crippen molar-refractivity contribution in [2.75, 3.05) is 20.2 Å². The second-order valence-electron chi connectivity index (χ2n) is 4.22. The summed E-state index contributed by atoms with van der Waals surface area (Å²) in [5.74, 6) is 1.38. The van der Waals surface area contributed by atoms with Gasteiger partial charge in [0.05, 0.1) is 7.11 Å². The van der Waals surface area contributed by atoms with Crippen molar-refractivity contribution < 1.29 is 18.3 Å². The maximum absolute atomic E-state index is 12.4. The average Bonchev–Trinajstić information content (AvgIpc) is 2.47. The van der Waals surface area contributed by atoms with Gasteiger partial charge in [0.25, 0.3) is 0 Å². The highest BCUT2D eigenvalue weighted by Crippen LogP contribution is 2.25. The van der Waals surface area contributed by atoms with E-state index in [1.807, 2.05) is 0 Å². The van der Waals surface area contributed by atoms with Crippen LogP contribution in [0.2, 0.25) is 0 Å². The van der Waals surface area contributed by atoms with Crippen LogP contribution < -0.4 is 20.1 Å². The lowest BCUT2D eigenvalue weighted by atomic mass is 10.2. The van der Waals surface area contributed by atoms with E-state index in [2.05, 4.69) is 20.4 Å². The Morgan fingerprint density at radius 2 is 2.24 bits per heavy atom. The maximum atomic E-state index is 12.4. The largest absolute Gasteiger partial charge is 0.497 e. The molecule has 2 N–H and O–H groups in total. The normalized spacial score (nSPS) is 13.8. The Morgan fingerprint density at radius 1 is 1.43 bits per heavy atom. The predicted molar refractivity (Wildman–Crippen MR) is 86.8 cm³/mol. The number of alkyl halides is 2. The Labute approximate surface area is 139 Å². The number of methoxy groups -OCH3 is 1. The highest BCUT2D eigenvalue weighted by atomic mass is 127. The van der Waals surface area contributed by atoms with Gasteiger partial charge in [-0.2, -0.15) is 8.78 Å². The molecular weight excluding hydrogens is 395 g/mol. The minimum Gasteiger partial charge on any atom is -0.497 e. The number of hydrogen-bond donors (Lipinski definition) is 2. The number of hydrogen-bond acceptors (Lipinski definition) is 5. The molecule has 0 radical (unpaired) electrons. The van der Waals surface area contributed by atoms with Crippen LogP contribution in [-0.2, 0) is 6.54 Å². The second kappa shape index (κ2) is 8.85. The highest BCUT2D eigenvalue weighted by molar-refractivity contribution is 14.0. The van der Waals surface area contributed by atoms with Crippen LogP contribution in [0.15, 0.2) is 23.2 Å². The number of ether oxygens (including phenoxy) is 2. The van der Waals surface area contributed by atoms with Gasteiger partial charge in [-0.25, -0.2) is 0 Å². The van der Waals surface area contributed by atoms with Crippen LogP contribution >= 0.6 is 24.0 Å². The molecule has 1 heterocycles.